The maximum Gasteiger partial charge on any atom is 0.331 e. The smallest absolute Gasteiger partial charge is 0.331 e. The third-order valence-corrected chi connectivity index (χ3v) is 4.15. The van der Waals surface area contributed by atoms with Crippen molar-refractivity contribution in [2.75, 3.05) is 26.9 Å². The van der Waals surface area contributed by atoms with E-state index in [1.165, 1.54) is 6.08 Å². The lowest BCUT2D eigenvalue weighted by Crippen LogP contribution is -2.28. The number of methoxy groups -OCH3 is 1. The molecule has 1 N–H and O–H groups in total. The maximum atomic E-state index is 11.9. The van der Waals surface area contributed by atoms with E-state index in [1.54, 1.807) is 25.3 Å². The van der Waals surface area contributed by atoms with E-state index < -0.39 is 5.97 Å². The molecule has 7 nitrogen and oxygen atoms in total. The van der Waals surface area contributed by atoms with Gasteiger partial charge < -0.3 is 24.3 Å². The summed E-state index contributed by atoms with van der Waals surface area (Å²) in [7, 11) is 1.58. The summed E-state index contributed by atoms with van der Waals surface area (Å²) >= 11 is 0. The van der Waals surface area contributed by atoms with Crippen LogP contribution in [0.15, 0.2) is 48.5 Å². The summed E-state index contributed by atoms with van der Waals surface area (Å²) < 4.78 is 21.3. The zero-order valence-electron chi connectivity index (χ0n) is 16.2. The minimum absolute atomic E-state index is 0.320. The van der Waals surface area contributed by atoms with Crippen LogP contribution < -0.4 is 19.5 Å². The summed E-state index contributed by atoms with van der Waals surface area (Å²) in [6, 6.07) is 12.8. The number of carbonyl (C=O) groups excluding carboxylic acids is 2. The maximum absolute atomic E-state index is 11.9. The topological polar surface area (TPSA) is 83.1 Å². The van der Waals surface area contributed by atoms with E-state index in [-0.39, 0.29) is 12.5 Å². The first-order valence-corrected chi connectivity index (χ1v) is 9.28. The minimum Gasteiger partial charge on any atom is -0.497 e. The number of rotatable bonds is 7. The van der Waals surface area contributed by atoms with Crippen LogP contribution in [-0.2, 0) is 20.9 Å². The van der Waals surface area contributed by atoms with Gasteiger partial charge in [-0.1, -0.05) is 18.2 Å². The summed E-state index contributed by atoms with van der Waals surface area (Å²) in [5, 5.41) is 2.69. The Balaban J connectivity index is 1.44. The van der Waals surface area contributed by atoms with Crippen LogP contribution in [0, 0.1) is 0 Å². The predicted octanol–water partition coefficient (Wildman–Crippen LogP) is 2.73. The molecule has 0 aromatic heterocycles. The molecule has 0 aliphatic carbocycles. The quantitative estimate of drug-likeness (QED) is 0.571. The Morgan fingerprint density at radius 2 is 1.93 bits per heavy atom. The third kappa shape index (κ3) is 6.27. The number of amides is 1. The number of hydrogen-bond donors (Lipinski definition) is 1. The Bertz CT molecular complexity index is 893. The van der Waals surface area contributed by atoms with Crippen molar-refractivity contribution in [3.05, 3.63) is 59.7 Å². The SMILES string of the molecule is COc1cccc(CNC(=O)COC(=O)/C=C/c2ccc3c(c2)OCCCO3)c1. The Kier molecular flexibility index (Phi) is 7.10. The van der Waals surface area contributed by atoms with E-state index in [0.29, 0.717) is 37.0 Å². The summed E-state index contributed by atoms with van der Waals surface area (Å²) in [5.41, 5.74) is 1.66. The summed E-state index contributed by atoms with van der Waals surface area (Å²) in [6.45, 7) is 1.18. The predicted molar refractivity (Wildman–Crippen MR) is 107 cm³/mol. The van der Waals surface area contributed by atoms with Gasteiger partial charge in [0.05, 0.1) is 20.3 Å². The first-order chi connectivity index (χ1) is 14.1. The van der Waals surface area contributed by atoms with Crippen LogP contribution in [0.1, 0.15) is 17.5 Å². The van der Waals surface area contributed by atoms with Gasteiger partial charge in [-0.05, 0) is 41.5 Å². The zero-order valence-corrected chi connectivity index (χ0v) is 16.2. The van der Waals surface area contributed by atoms with Gasteiger partial charge in [0, 0.05) is 19.0 Å². The number of hydrogen-bond acceptors (Lipinski definition) is 6. The van der Waals surface area contributed by atoms with Crippen LogP contribution >= 0.6 is 0 Å². The molecule has 2 aromatic rings. The van der Waals surface area contributed by atoms with E-state index in [4.69, 9.17) is 18.9 Å². The fourth-order valence-electron chi connectivity index (χ4n) is 2.67. The molecule has 0 fully saturated rings. The molecule has 1 heterocycles. The van der Waals surface area contributed by atoms with Crippen molar-refractivity contribution >= 4 is 18.0 Å². The molecule has 0 saturated heterocycles. The second-order valence-electron chi connectivity index (χ2n) is 6.33. The van der Waals surface area contributed by atoms with Crippen molar-refractivity contribution in [3.8, 4) is 17.2 Å². The van der Waals surface area contributed by atoms with Crippen LogP contribution in [0.4, 0.5) is 0 Å². The standard InChI is InChI=1S/C22H23NO6/c1-26-18-5-2-4-17(12-18)14-23-21(24)15-29-22(25)9-7-16-6-8-19-20(13-16)28-11-3-10-27-19/h2,4-9,12-13H,3,10-11,14-15H2,1H3,(H,23,24)/b9-7+. The van der Waals surface area contributed by atoms with Gasteiger partial charge in [0.25, 0.3) is 5.91 Å². The van der Waals surface area contributed by atoms with E-state index in [0.717, 1.165) is 17.5 Å². The summed E-state index contributed by atoms with van der Waals surface area (Å²) in [4.78, 5) is 23.7. The van der Waals surface area contributed by atoms with Crippen molar-refractivity contribution in [1.29, 1.82) is 0 Å². The average molecular weight is 397 g/mol. The Labute approximate surface area is 169 Å². The number of fused-ring (bicyclic) bond motifs is 1. The van der Waals surface area contributed by atoms with Crippen molar-refractivity contribution in [2.24, 2.45) is 0 Å². The molecule has 3 rings (SSSR count). The van der Waals surface area contributed by atoms with Crippen LogP contribution in [0.3, 0.4) is 0 Å². The van der Waals surface area contributed by atoms with Crippen molar-refractivity contribution < 1.29 is 28.5 Å². The van der Waals surface area contributed by atoms with Crippen LogP contribution in [0.2, 0.25) is 0 Å². The van der Waals surface area contributed by atoms with E-state index in [2.05, 4.69) is 5.32 Å². The van der Waals surface area contributed by atoms with Gasteiger partial charge in [0.15, 0.2) is 18.1 Å². The lowest BCUT2D eigenvalue weighted by Gasteiger charge is -2.08. The summed E-state index contributed by atoms with van der Waals surface area (Å²) in [5.74, 6) is 1.06. The molecule has 0 unspecified atom stereocenters. The van der Waals surface area contributed by atoms with E-state index in [1.807, 2.05) is 30.3 Å². The lowest BCUT2D eigenvalue weighted by molar-refractivity contribution is -0.143. The van der Waals surface area contributed by atoms with Gasteiger partial charge >= 0.3 is 5.97 Å². The second kappa shape index (κ2) is 10.2. The highest BCUT2D eigenvalue weighted by Crippen LogP contribution is 2.30. The van der Waals surface area contributed by atoms with E-state index >= 15 is 0 Å². The first-order valence-electron chi connectivity index (χ1n) is 9.28. The van der Waals surface area contributed by atoms with Gasteiger partial charge in [-0.2, -0.15) is 0 Å². The van der Waals surface area contributed by atoms with Gasteiger partial charge in [0.1, 0.15) is 5.75 Å². The average Bonchev–Trinajstić information content (AvgIpc) is 3.00. The monoisotopic (exact) mass is 397 g/mol. The molecule has 2 aromatic carbocycles. The van der Waals surface area contributed by atoms with E-state index in [9.17, 15) is 9.59 Å². The largest absolute Gasteiger partial charge is 0.497 e. The molecule has 0 radical (unpaired) electrons. The van der Waals surface area contributed by atoms with Crippen LogP contribution in [-0.4, -0.2) is 38.8 Å². The highest BCUT2D eigenvalue weighted by molar-refractivity contribution is 5.89. The van der Waals surface area contributed by atoms with Crippen molar-refractivity contribution in [1.82, 2.24) is 5.32 Å². The Hall–Kier alpha value is -3.48. The Morgan fingerprint density at radius 3 is 2.76 bits per heavy atom. The normalized spacial score (nSPS) is 12.9. The lowest BCUT2D eigenvalue weighted by atomic mass is 10.2. The number of nitrogens with one attached hydrogen (secondary N) is 1. The molecule has 1 aliphatic rings. The highest BCUT2D eigenvalue weighted by atomic mass is 16.5. The molecule has 152 valence electrons. The number of carbonyl (C=O) groups is 2. The first kappa shape index (κ1) is 20.3. The number of esters is 1. The molecule has 1 amide bonds. The Morgan fingerprint density at radius 1 is 1.10 bits per heavy atom. The van der Waals surface area contributed by atoms with Crippen molar-refractivity contribution in [2.45, 2.75) is 13.0 Å². The molecule has 29 heavy (non-hydrogen) atoms. The third-order valence-electron chi connectivity index (χ3n) is 4.15. The molecule has 0 bridgehead atoms. The van der Waals surface area contributed by atoms with Crippen LogP contribution in [0.25, 0.3) is 6.08 Å². The fraction of sp³-hybridized carbons (Fsp3) is 0.273. The molecule has 0 spiro atoms. The molecule has 7 heteroatoms. The highest BCUT2D eigenvalue weighted by Gasteiger charge is 2.10. The molecule has 0 atom stereocenters. The zero-order chi connectivity index (χ0) is 20.5. The second-order valence-corrected chi connectivity index (χ2v) is 6.33. The van der Waals surface area contributed by atoms with Crippen molar-refractivity contribution in [3.63, 3.8) is 0 Å². The van der Waals surface area contributed by atoms with Crippen LogP contribution in [0.5, 0.6) is 17.2 Å². The van der Waals surface area contributed by atoms with Gasteiger partial charge in [0.2, 0.25) is 0 Å². The molecular weight excluding hydrogens is 374 g/mol. The van der Waals surface area contributed by atoms with Gasteiger partial charge in [-0.25, -0.2) is 4.79 Å². The number of ether oxygens (including phenoxy) is 4. The molecule has 0 saturated carbocycles. The fourth-order valence-corrected chi connectivity index (χ4v) is 2.67. The van der Waals surface area contributed by atoms with Gasteiger partial charge in [-0.3, -0.25) is 4.79 Å². The summed E-state index contributed by atoms with van der Waals surface area (Å²) in [6.07, 6.45) is 3.70. The van der Waals surface area contributed by atoms with Gasteiger partial charge in [-0.15, -0.1) is 0 Å². The molecule has 1 aliphatic heterocycles. The minimum atomic E-state index is -0.603. The number of benzene rings is 2. The molecular formula is C22H23NO6.